The van der Waals surface area contributed by atoms with E-state index in [1.54, 1.807) is 0 Å². The van der Waals surface area contributed by atoms with Crippen LogP contribution in [0.15, 0.2) is 24.4 Å². The summed E-state index contributed by atoms with van der Waals surface area (Å²) in [7, 11) is 0. The molecule has 1 saturated carbocycles. The van der Waals surface area contributed by atoms with Gasteiger partial charge >= 0.3 is 0 Å². The number of anilines is 1. The third-order valence-corrected chi connectivity index (χ3v) is 6.15. The Morgan fingerprint density at radius 3 is 2.26 bits per heavy atom. The second kappa shape index (κ2) is 7.66. The van der Waals surface area contributed by atoms with Crippen LogP contribution in [-0.2, 0) is 14.4 Å². The minimum absolute atomic E-state index is 0.0298. The maximum atomic E-state index is 12.6. The summed E-state index contributed by atoms with van der Waals surface area (Å²) in [5.41, 5.74) is 0. The maximum Gasteiger partial charge on any atom is 0.274 e. The lowest BCUT2D eigenvalue weighted by molar-refractivity contribution is -0.364. The molecule has 4 rings (SSSR count). The molecular weight excluding hydrogens is 344 g/mol. The van der Waals surface area contributed by atoms with Gasteiger partial charge in [0.15, 0.2) is 0 Å². The van der Waals surface area contributed by atoms with Crippen LogP contribution in [0.2, 0.25) is 0 Å². The fourth-order valence-corrected chi connectivity index (χ4v) is 4.59. The number of H-pyrrole nitrogens is 1. The number of carbonyl (C=O) groups is 3. The number of aromatic nitrogens is 1. The molecule has 7 heteroatoms. The molecule has 3 aliphatic rings. The first kappa shape index (κ1) is 17.9. The Bertz CT molecular complexity index is 691. The molecule has 1 aliphatic carbocycles. The van der Waals surface area contributed by atoms with Crippen molar-refractivity contribution in [1.82, 2.24) is 9.80 Å². The zero-order chi connectivity index (χ0) is 18.8. The second-order valence-electron chi connectivity index (χ2n) is 7.69. The number of imide groups is 1. The summed E-state index contributed by atoms with van der Waals surface area (Å²) in [6, 6.07) is 5.97. The Morgan fingerprint density at radius 2 is 1.67 bits per heavy atom. The van der Waals surface area contributed by atoms with Gasteiger partial charge < -0.3 is 4.90 Å². The third kappa shape index (κ3) is 3.55. The lowest BCUT2D eigenvalue weighted by Gasteiger charge is -2.31. The van der Waals surface area contributed by atoms with E-state index in [1.807, 2.05) is 29.3 Å². The van der Waals surface area contributed by atoms with Crippen molar-refractivity contribution in [3.8, 4) is 0 Å². The summed E-state index contributed by atoms with van der Waals surface area (Å²) in [4.78, 5) is 46.2. The predicted molar refractivity (Wildman–Crippen MR) is 98.6 cm³/mol. The van der Waals surface area contributed by atoms with E-state index in [-0.39, 0.29) is 42.5 Å². The molecule has 7 nitrogen and oxygen atoms in total. The SMILES string of the molecule is O=C(CCN1C(=O)[C@H]2CCCC[C@@H]2C1=O)N1CCN(c2cccc[nH+]2)CC1. The van der Waals surface area contributed by atoms with Crippen LogP contribution in [-0.4, -0.2) is 60.2 Å². The predicted octanol–water partition coefficient (Wildman–Crippen LogP) is 0.715. The smallest absolute Gasteiger partial charge is 0.274 e. The van der Waals surface area contributed by atoms with Crippen LogP contribution in [0.5, 0.6) is 0 Å². The molecule has 0 spiro atoms. The number of piperazine rings is 1. The Balaban J connectivity index is 1.28. The van der Waals surface area contributed by atoms with E-state index in [0.29, 0.717) is 13.1 Å². The van der Waals surface area contributed by atoms with Gasteiger partial charge in [-0.15, -0.1) is 0 Å². The van der Waals surface area contributed by atoms with Crippen molar-refractivity contribution >= 4 is 23.5 Å². The van der Waals surface area contributed by atoms with Crippen LogP contribution in [0.25, 0.3) is 0 Å². The number of hydrogen-bond donors (Lipinski definition) is 0. The summed E-state index contributed by atoms with van der Waals surface area (Å²) < 4.78 is 0. The first-order valence-electron chi connectivity index (χ1n) is 10.00. The van der Waals surface area contributed by atoms with Crippen LogP contribution in [0.3, 0.4) is 0 Å². The highest BCUT2D eigenvalue weighted by atomic mass is 16.2. The molecule has 3 fully saturated rings. The highest BCUT2D eigenvalue weighted by Crippen LogP contribution is 2.38. The van der Waals surface area contributed by atoms with Gasteiger partial charge in [-0.2, -0.15) is 0 Å². The Hall–Kier alpha value is -2.44. The number of pyridine rings is 1. The van der Waals surface area contributed by atoms with Gasteiger partial charge in [0.05, 0.1) is 31.1 Å². The summed E-state index contributed by atoms with van der Waals surface area (Å²) in [5, 5.41) is 0. The van der Waals surface area contributed by atoms with Crippen molar-refractivity contribution in [2.75, 3.05) is 37.6 Å². The van der Waals surface area contributed by atoms with Crippen molar-refractivity contribution in [3.63, 3.8) is 0 Å². The summed E-state index contributed by atoms with van der Waals surface area (Å²) in [6.07, 6.45) is 5.81. The molecule has 2 saturated heterocycles. The monoisotopic (exact) mass is 371 g/mol. The van der Waals surface area contributed by atoms with Gasteiger partial charge in [0, 0.05) is 19.0 Å². The van der Waals surface area contributed by atoms with E-state index in [2.05, 4.69) is 9.88 Å². The maximum absolute atomic E-state index is 12.6. The van der Waals surface area contributed by atoms with E-state index in [1.165, 1.54) is 4.90 Å². The van der Waals surface area contributed by atoms with Crippen LogP contribution in [0.1, 0.15) is 32.1 Å². The molecule has 0 bridgehead atoms. The highest BCUT2D eigenvalue weighted by molar-refractivity contribution is 6.05. The van der Waals surface area contributed by atoms with Gasteiger partial charge in [-0.3, -0.25) is 24.2 Å². The molecule has 0 unspecified atom stereocenters. The van der Waals surface area contributed by atoms with E-state index in [4.69, 9.17) is 0 Å². The average molecular weight is 371 g/mol. The van der Waals surface area contributed by atoms with E-state index in [9.17, 15) is 14.4 Å². The van der Waals surface area contributed by atoms with Gasteiger partial charge in [0.25, 0.3) is 5.82 Å². The molecule has 1 aromatic heterocycles. The zero-order valence-corrected chi connectivity index (χ0v) is 15.6. The Morgan fingerprint density at radius 1 is 1.00 bits per heavy atom. The number of rotatable bonds is 4. The summed E-state index contributed by atoms with van der Waals surface area (Å²) in [5.74, 6) is 0.713. The number of nitrogens with zero attached hydrogens (tertiary/aromatic N) is 3. The number of carbonyl (C=O) groups excluding carboxylic acids is 3. The van der Waals surface area contributed by atoms with E-state index >= 15 is 0 Å². The summed E-state index contributed by atoms with van der Waals surface area (Å²) >= 11 is 0. The fraction of sp³-hybridized carbons (Fsp3) is 0.600. The molecule has 2 atom stereocenters. The average Bonchev–Trinajstić information content (AvgIpc) is 2.97. The molecule has 0 radical (unpaired) electrons. The molecule has 1 N–H and O–H groups in total. The topological polar surface area (TPSA) is 75.1 Å². The van der Waals surface area contributed by atoms with Gasteiger partial charge in [-0.25, -0.2) is 4.98 Å². The Labute approximate surface area is 159 Å². The number of likely N-dealkylation sites (tertiary alicyclic amines) is 1. The van der Waals surface area contributed by atoms with Crippen LogP contribution in [0, 0.1) is 11.8 Å². The normalized spacial score (nSPS) is 25.7. The van der Waals surface area contributed by atoms with Gasteiger partial charge in [-0.05, 0) is 18.9 Å². The minimum Gasteiger partial charge on any atom is -0.335 e. The standard InChI is InChI=1S/C20H26N4O3/c25-18(23-13-11-22(12-14-23)17-7-3-4-9-21-17)8-10-24-19(26)15-5-1-2-6-16(15)20(24)27/h3-4,7,9,15-16H,1-2,5-6,8,10-14H2/p+1/t15-,16-/m0/s1. The Kier molecular flexibility index (Phi) is 5.09. The van der Waals surface area contributed by atoms with Crippen LogP contribution < -0.4 is 9.88 Å². The number of hydrogen-bond acceptors (Lipinski definition) is 4. The third-order valence-electron chi connectivity index (χ3n) is 6.15. The molecular formula is C20H27N4O3+. The van der Waals surface area contributed by atoms with Crippen LogP contribution >= 0.6 is 0 Å². The van der Waals surface area contributed by atoms with E-state index in [0.717, 1.165) is 44.6 Å². The van der Waals surface area contributed by atoms with E-state index < -0.39 is 0 Å². The first-order valence-corrected chi connectivity index (χ1v) is 10.00. The number of aromatic amines is 1. The minimum atomic E-state index is -0.132. The molecule has 27 heavy (non-hydrogen) atoms. The van der Waals surface area contributed by atoms with Crippen molar-refractivity contribution in [2.24, 2.45) is 11.8 Å². The van der Waals surface area contributed by atoms with Crippen molar-refractivity contribution in [2.45, 2.75) is 32.1 Å². The number of nitrogens with one attached hydrogen (secondary N) is 1. The number of fused-ring (bicyclic) bond motifs is 1. The lowest BCUT2D eigenvalue weighted by Crippen LogP contribution is -2.50. The second-order valence-corrected chi connectivity index (χ2v) is 7.69. The lowest BCUT2D eigenvalue weighted by atomic mass is 9.81. The molecule has 1 aromatic rings. The van der Waals surface area contributed by atoms with Crippen molar-refractivity contribution < 1.29 is 19.4 Å². The van der Waals surface area contributed by atoms with Crippen molar-refractivity contribution in [1.29, 1.82) is 0 Å². The molecule has 2 aliphatic heterocycles. The fourth-order valence-electron chi connectivity index (χ4n) is 4.59. The highest BCUT2D eigenvalue weighted by Gasteiger charge is 2.47. The largest absolute Gasteiger partial charge is 0.335 e. The summed E-state index contributed by atoms with van der Waals surface area (Å²) in [6.45, 7) is 3.11. The molecule has 0 aromatic carbocycles. The molecule has 144 valence electrons. The van der Waals surface area contributed by atoms with Gasteiger partial charge in [0.1, 0.15) is 13.1 Å². The number of amides is 3. The first-order chi connectivity index (χ1) is 13.1. The zero-order valence-electron chi connectivity index (χ0n) is 15.6. The van der Waals surface area contributed by atoms with Crippen molar-refractivity contribution in [3.05, 3.63) is 24.4 Å². The quantitative estimate of drug-likeness (QED) is 0.731. The van der Waals surface area contributed by atoms with Gasteiger partial charge in [0.2, 0.25) is 17.7 Å². The van der Waals surface area contributed by atoms with Crippen LogP contribution in [0.4, 0.5) is 5.82 Å². The molecule has 3 heterocycles. The van der Waals surface area contributed by atoms with Gasteiger partial charge in [-0.1, -0.05) is 18.9 Å². The molecule has 3 amide bonds.